The van der Waals surface area contributed by atoms with Crippen LogP contribution in [-0.2, 0) is 9.53 Å². The van der Waals surface area contributed by atoms with Gasteiger partial charge in [-0.25, -0.2) is 4.79 Å². The van der Waals surface area contributed by atoms with E-state index >= 15 is 0 Å². The van der Waals surface area contributed by atoms with Crippen molar-refractivity contribution in [1.29, 1.82) is 0 Å². The van der Waals surface area contributed by atoms with Crippen molar-refractivity contribution in [2.45, 2.75) is 45.3 Å². The maximum Gasteiger partial charge on any atom is 0.410 e. The Labute approximate surface area is 108 Å². The average Bonchev–Trinajstić information content (AvgIpc) is 2.10. The van der Waals surface area contributed by atoms with Crippen LogP contribution < -0.4 is 11.1 Å². The van der Waals surface area contributed by atoms with Gasteiger partial charge in [0.1, 0.15) is 5.60 Å². The van der Waals surface area contributed by atoms with E-state index in [4.69, 9.17) is 10.5 Å². The molecule has 6 heteroatoms. The number of rotatable bonds is 5. The smallest absolute Gasteiger partial charge is 0.410 e. The number of nitrogens with two attached hydrogens (primary N) is 1. The van der Waals surface area contributed by atoms with E-state index in [9.17, 15) is 9.59 Å². The molecule has 0 spiro atoms. The van der Waals surface area contributed by atoms with Crippen LogP contribution in [0, 0.1) is 0 Å². The van der Waals surface area contributed by atoms with Crippen LogP contribution in [0.25, 0.3) is 0 Å². The quantitative estimate of drug-likeness (QED) is 0.701. The molecule has 104 valence electrons. The third-order valence-electron chi connectivity index (χ3n) is 2.57. The van der Waals surface area contributed by atoms with Crippen LogP contribution in [0.2, 0.25) is 0 Å². The van der Waals surface area contributed by atoms with Gasteiger partial charge in [0, 0.05) is 25.6 Å². The highest BCUT2D eigenvalue weighted by molar-refractivity contribution is 5.73. The van der Waals surface area contributed by atoms with Crippen molar-refractivity contribution >= 4 is 12.0 Å². The average molecular weight is 257 g/mol. The molecule has 1 heterocycles. The predicted molar refractivity (Wildman–Crippen MR) is 68.0 cm³/mol. The topological polar surface area (TPSA) is 84.7 Å². The normalized spacial score (nSPS) is 16.3. The first kappa shape index (κ1) is 14.8. The van der Waals surface area contributed by atoms with Crippen LogP contribution in [-0.4, -0.2) is 48.2 Å². The number of hydrogen-bond donors (Lipinski definition) is 2. The number of ether oxygens (including phenoxy) is 1. The first-order chi connectivity index (χ1) is 8.28. The summed E-state index contributed by atoms with van der Waals surface area (Å²) in [6.45, 7) is 7.62. The van der Waals surface area contributed by atoms with Crippen molar-refractivity contribution in [2.24, 2.45) is 5.73 Å². The number of likely N-dealkylation sites (tertiary alicyclic amines) is 1. The number of primary amides is 1. The van der Waals surface area contributed by atoms with Gasteiger partial charge in [0.15, 0.2) is 0 Å². The third kappa shape index (κ3) is 5.35. The zero-order chi connectivity index (χ0) is 13.8. The molecule has 0 aliphatic carbocycles. The lowest BCUT2D eigenvalue weighted by atomic mass is 10.1. The number of amides is 2. The van der Waals surface area contributed by atoms with Gasteiger partial charge < -0.3 is 20.7 Å². The van der Waals surface area contributed by atoms with Gasteiger partial charge in [-0.15, -0.1) is 0 Å². The van der Waals surface area contributed by atoms with E-state index in [0.717, 1.165) is 13.0 Å². The van der Waals surface area contributed by atoms with E-state index in [-0.39, 0.29) is 12.0 Å². The van der Waals surface area contributed by atoms with Crippen molar-refractivity contribution in [3.63, 3.8) is 0 Å². The fourth-order valence-electron chi connectivity index (χ4n) is 1.65. The molecule has 1 fully saturated rings. The minimum Gasteiger partial charge on any atom is -0.444 e. The Kier molecular flexibility index (Phi) is 4.95. The molecular formula is C12H23N3O3. The van der Waals surface area contributed by atoms with E-state index in [1.807, 2.05) is 20.8 Å². The van der Waals surface area contributed by atoms with Crippen LogP contribution in [0.3, 0.4) is 0 Å². The Hall–Kier alpha value is -1.30. The number of hydrogen-bond acceptors (Lipinski definition) is 4. The first-order valence-corrected chi connectivity index (χ1v) is 6.27. The second-order valence-electron chi connectivity index (χ2n) is 5.61. The maximum atomic E-state index is 11.6. The molecule has 1 rings (SSSR count). The molecule has 6 nitrogen and oxygen atoms in total. The summed E-state index contributed by atoms with van der Waals surface area (Å²) in [7, 11) is 0. The summed E-state index contributed by atoms with van der Waals surface area (Å²) in [4.78, 5) is 23.8. The molecule has 0 aromatic heterocycles. The Morgan fingerprint density at radius 3 is 2.50 bits per heavy atom. The molecule has 1 saturated heterocycles. The standard InChI is InChI=1S/C12H23N3O3/c1-12(2,3)18-11(17)15-7-9(8-15)14-6-4-5-10(13)16/h9,14H,4-8H2,1-3H3,(H2,13,16). The van der Waals surface area contributed by atoms with Gasteiger partial charge in [-0.05, 0) is 33.7 Å². The molecule has 0 aromatic carbocycles. The minimum absolute atomic E-state index is 0.266. The second-order valence-corrected chi connectivity index (χ2v) is 5.61. The van der Waals surface area contributed by atoms with Gasteiger partial charge in [-0.3, -0.25) is 4.79 Å². The summed E-state index contributed by atoms with van der Waals surface area (Å²) in [6.07, 6.45) is 0.867. The van der Waals surface area contributed by atoms with Gasteiger partial charge in [-0.2, -0.15) is 0 Å². The number of nitrogens with one attached hydrogen (secondary N) is 1. The summed E-state index contributed by atoms with van der Waals surface area (Å²) >= 11 is 0. The largest absolute Gasteiger partial charge is 0.444 e. The van der Waals surface area contributed by atoms with Gasteiger partial charge in [0.25, 0.3) is 0 Å². The monoisotopic (exact) mass is 257 g/mol. The molecule has 18 heavy (non-hydrogen) atoms. The van der Waals surface area contributed by atoms with E-state index in [0.29, 0.717) is 25.6 Å². The van der Waals surface area contributed by atoms with Crippen LogP contribution >= 0.6 is 0 Å². The van der Waals surface area contributed by atoms with Crippen LogP contribution in [0.15, 0.2) is 0 Å². The number of nitrogens with zero attached hydrogens (tertiary/aromatic N) is 1. The van der Waals surface area contributed by atoms with E-state index in [2.05, 4.69) is 5.32 Å². The zero-order valence-electron chi connectivity index (χ0n) is 11.4. The van der Waals surface area contributed by atoms with Gasteiger partial charge in [-0.1, -0.05) is 0 Å². The summed E-state index contributed by atoms with van der Waals surface area (Å²) in [5, 5.41) is 3.26. The Morgan fingerprint density at radius 2 is 2.00 bits per heavy atom. The van der Waals surface area contributed by atoms with Crippen molar-refractivity contribution in [3.05, 3.63) is 0 Å². The second kappa shape index (κ2) is 6.04. The first-order valence-electron chi connectivity index (χ1n) is 6.27. The summed E-state index contributed by atoms with van der Waals surface area (Å²) in [6, 6.07) is 0.297. The Balaban J connectivity index is 2.09. The van der Waals surface area contributed by atoms with E-state index < -0.39 is 5.60 Å². The minimum atomic E-state index is -0.447. The maximum absolute atomic E-state index is 11.6. The molecule has 1 aliphatic heterocycles. The molecule has 0 radical (unpaired) electrons. The van der Waals surface area contributed by atoms with Gasteiger partial charge >= 0.3 is 6.09 Å². The highest BCUT2D eigenvalue weighted by Gasteiger charge is 2.33. The highest BCUT2D eigenvalue weighted by Crippen LogP contribution is 2.15. The summed E-state index contributed by atoms with van der Waals surface area (Å²) in [5.41, 5.74) is 4.59. The lowest BCUT2D eigenvalue weighted by Gasteiger charge is -2.40. The fraction of sp³-hybridized carbons (Fsp3) is 0.833. The molecule has 0 atom stereocenters. The van der Waals surface area contributed by atoms with Gasteiger partial charge in [0.2, 0.25) is 5.91 Å². The van der Waals surface area contributed by atoms with Crippen LogP contribution in [0.4, 0.5) is 4.79 Å². The number of carbonyl (C=O) groups is 2. The number of carbonyl (C=O) groups excluding carboxylic acids is 2. The molecular weight excluding hydrogens is 234 g/mol. The zero-order valence-corrected chi connectivity index (χ0v) is 11.4. The van der Waals surface area contributed by atoms with Crippen molar-refractivity contribution in [2.75, 3.05) is 19.6 Å². The molecule has 2 amide bonds. The van der Waals surface area contributed by atoms with Crippen LogP contribution in [0.1, 0.15) is 33.6 Å². The molecule has 0 bridgehead atoms. The van der Waals surface area contributed by atoms with E-state index in [1.54, 1.807) is 4.90 Å². The van der Waals surface area contributed by atoms with Crippen molar-refractivity contribution in [3.8, 4) is 0 Å². The van der Waals surface area contributed by atoms with Crippen molar-refractivity contribution < 1.29 is 14.3 Å². The third-order valence-corrected chi connectivity index (χ3v) is 2.57. The van der Waals surface area contributed by atoms with E-state index in [1.165, 1.54) is 0 Å². The van der Waals surface area contributed by atoms with Crippen LogP contribution in [0.5, 0.6) is 0 Å². The molecule has 0 unspecified atom stereocenters. The lowest BCUT2D eigenvalue weighted by molar-refractivity contribution is -0.118. The lowest BCUT2D eigenvalue weighted by Crippen LogP contribution is -2.60. The predicted octanol–water partition coefficient (Wildman–Crippen LogP) is 0.461. The highest BCUT2D eigenvalue weighted by atomic mass is 16.6. The fourth-order valence-corrected chi connectivity index (χ4v) is 1.65. The molecule has 1 aliphatic rings. The Bertz CT molecular complexity index is 306. The Morgan fingerprint density at radius 1 is 1.39 bits per heavy atom. The SMILES string of the molecule is CC(C)(C)OC(=O)N1CC(NCCCC(N)=O)C1. The molecule has 3 N–H and O–H groups in total. The summed E-state index contributed by atoms with van der Waals surface area (Å²) < 4.78 is 5.25. The molecule has 0 aromatic rings. The van der Waals surface area contributed by atoms with Gasteiger partial charge in [0.05, 0.1) is 0 Å². The molecule has 0 saturated carbocycles. The van der Waals surface area contributed by atoms with Crippen molar-refractivity contribution in [1.82, 2.24) is 10.2 Å². The summed E-state index contributed by atoms with van der Waals surface area (Å²) in [5.74, 6) is -0.277.